The normalized spacial score (nSPS) is 20.9. The number of amides is 1. The van der Waals surface area contributed by atoms with Gasteiger partial charge in [0.15, 0.2) is 0 Å². The Balaban J connectivity index is 1.70. The molecule has 5 heteroatoms. The van der Waals surface area contributed by atoms with Gasteiger partial charge in [-0.25, -0.2) is 0 Å². The lowest BCUT2D eigenvalue weighted by molar-refractivity contribution is -0.123. The van der Waals surface area contributed by atoms with E-state index in [2.05, 4.69) is 11.4 Å². The van der Waals surface area contributed by atoms with E-state index in [9.17, 15) is 4.79 Å². The predicted molar refractivity (Wildman–Crippen MR) is 82.0 cm³/mol. The van der Waals surface area contributed by atoms with Gasteiger partial charge < -0.3 is 10.1 Å². The molecule has 0 aliphatic carbocycles. The zero-order chi connectivity index (χ0) is 14.4. The molecule has 1 amide bonds. The summed E-state index contributed by atoms with van der Waals surface area (Å²) in [6.07, 6.45) is 3.80. The van der Waals surface area contributed by atoms with Crippen molar-refractivity contribution in [2.45, 2.75) is 38.3 Å². The number of carbonyl (C=O) groups is 1. The average Bonchev–Trinajstić information content (AvgIpc) is 2.93. The molecule has 0 bridgehead atoms. The highest BCUT2D eigenvalue weighted by Crippen LogP contribution is 2.18. The zero-order valence-electron chi connectivity index (χ0n) is 12.3. The third-order valence-electron chi connectivity index (χ3n) is 3.55. The van der Waals surface area contributed by atoms with Crippen LogP contribution in [0.1, 0.15) is 37.1 Å². The van der Waals surface area contributed by atoms with E-state index in [0.717, 1.165) is 19.6 Å². The lowest BCUT2D eigenvalue weighted by Crippen LogP contribution is -2.40. The van der Waals surface area contributed by atoms with Gasteiger partial charge >= 0.3 is 0 Å². The van der Waals surface area contributed by atoms with Crippen LogP contribution in [0.4, 0.5) is 0 Å². The summed E-state index contributed by atoms with van der Waals surface area (Å²) in [6, 6.07) is 4.14. The van der Waals surface area contributed by atoms with Crippen molar-refractivity contribution in [2.75, 3.05) is 26.7 Å². The van der Waals surface area contributed by atoms with Crippen molar-refractivity contribution in [1.29, 1.82) is 0 Å². The standard InChI is InChI=1S/C15H24N2O2S/c1-12(14-7-5-9-20-14)16-15(18)11-17(2)10-13-6-3-4-8-19-13/h5,7,9,12-13H,3-4,6,8,10-11H2,1-2H3,(H,16,18). The van der Waals surface area contributed by atoms with Gasteiger partial charge in [0.05, 0.1) is 18.7 Å². The molecule has 2 atom stereocenters. The summed E-state index contributed by atoms with van der Waals surface area (Å²) in [4.78, 5) is 15.3. The van der Waals surface area contributed by atoms with E-state index in [0.29, 0.717) is 6.54 Å². The highest BCUT2D eigenvalue weighted by atomic mass is 32.1. The van der Waals surface area contributed by atoms with Crippen LogP contribution in [-0.2, 0) is 9.53 Å². The molecular weight excluding hydrogens is 272 g/mol. The number of likely N-dealkylation sites (N-methyl/N-ethyl adjacent to an activating group) is 1. The Kier molecular flexibility index (Phi) is 6.01. The van der Waals surface area contributed by atoms with Crippen molar-refractivity contribution in [2.24, 2.45) is 0 Å². The Morgan fingerprint density at radius 1 is 1.60 bits per heavy atom. The van der Waals surface area contributed by atoms with Crippen molar-refractivity contribution in [3.63, 3.8) is 0 Å². The molecule has 1 aliphatic heterocycles. The number of nitrogens with one attached hydrogen (secondary N) is 1. The zero-order valence-corrected chi connectivity index (χ0v) is 13.1. The van der Waals surface area contributed by atoms with E-state index in [-0.39, 0.29) is 18.1 Å². The monoisotopic (exact) mass is 296 g/mol. The Morgan fingerprint density at radius 2 is 2.45 bits per heavy atom. The highest BCUT2D eigenvalue weighted by Gasteiger charge is 2.18. The summed E-state index contributed by atoms with van der Waals surface area (Å²) >= 11 is 1.67. The highest BCUT2D eigenvalue weighted by molar-refractivity contribution is 7.10. The summed E-state index contributed by atoms with van der Waals surface area (Å²) in [5.41, 5.74) is 0. The van der Waals surface area contributed by atoms with E-state index in [1.54, 1.807) is 11.3 Å². The van der Waals surface area contributed by atoms with Gasteiger partial charge in [-0.05, 0) is 44.7 Å². The van der Waals surface area contributed by atoms with E-state index in [1.807, 2.05) is 30.3 Å². The third kappa shape index (κ3) is 4.89. The number of nitrogens with zero attached hydrogens (tertiary/aromatic N) is 1. The first kappa shape index (κ1) is 15.5. The van der Waals surface area contributed by atoms with E-state index < -0.39 is 0 Å². The fourth-order valence-electron chi connectivity index (χ4n) is 2.50. The fourth-order valence-corrected chi connectivity index (χ4v) is 3.24. The van der Waals surface area contributed by atoms with Crippen LogP contribution in [0.3, 0.4) is 0 Å². The molecule has 20 heavy (non-hydrogen) atoms. The van der Waals surface area contributed by atoms with Crippen molar-refractivity contribution in [1.82, 2.24) is 10.2 Å². The Bertz CT molecular complexity index is 402. The molecule has 4 nitrogen and oxygen atoms in total. The first-order chi connectivity index (χ1) is 9.65. The molecule has 0 aromatic carbocycles. The minimum atomic E-state index is 0.0733. The second-order valence-electron chi connectivity index (χ2n) is 5.49. The number of thiophene rings is 1. The molecule has 2 unspecified atom stereocenters. The molecule has 112 valence electrons. The maximum Gasteiger partial charge on any atom is 0.234 e. The fraction of sp³-hybridized carbons (Fsp3) is 0.667. The van der Waals surface area contributed by atoms with Crippen LogP contribution >= 0.6 is 11.3 Å². The molecular formula is C15H24N2O2S. The van der Waals surface area contributed by atoms with Gasteiger partial charge in [0.1, 0.15) is 0 Å². The molecule has 2 rings (SSSR count). The van der Waals surface area contributed by atoms with Gasteiger partial charge in [0.2, 0.25) is 5.91 Å². The van der Waals surface area contributed by atoms with Crippen LogP contribution in [0.15, 0.2) is 17.5 Å². The maximum absolute atomic E-state index is 12.0. The molecule has 1 aromatic rings. The van der Waals surface area contributed by atoms with Gasteiger partial charge in [0.25, 0.3) is 0 Å². The SMILES string of the molecule is CC(NC(=O)CN(C)CC1CCCCO1)c1cccs1. The first-order valence-electron chi connectivity index (χ1n) is 7.28. The molecule has 2 heterocycles. The van der Waals surface area contributed by atoms with Crippen LogP contribution < -0.4 is 5.32 Å². The van der Waals surface area contributed by atoms with Crippen molar-refractivity contribution >= 4 is 17.2 Å². The summed E-state index contributed by atoms with van der Waals surface area (Å²) in [5.74, 6) is 0.0733. The summed E-state index contributed by atoms with van der Waals surface area (Å²) in [5, 5.41) is 5.07. The van der Waals surface area contributed by atoms with Gasteiger partial charge in [-0.2, -0.15) is 0 Å². The molecule has 1 N–H and O–H groups in total. The minimum Gasteiger partial charge on any atom is -0.377 e. The summed E-state index contributed by atoms with van der Waals surface area (Å²) in [7, 11) is 1.98. The average molecular weight is 296 g/mol. The summed E-state index contributed by atoms with van der Waals surface area (Å²) < 4.78 is 5.70. The molecule has 0 radical (unpaired) electrons. The second kappa shape index (κ2) is 7.76. The van der Waals surface area contributed by atoms with Crippen LogP contribution in [0.2, 0.25) is 0 Å². The molecule has 1 saturated heterocycles. The van der Waals surface area contributed by atoms with Gasteiger partial charge in [-0.15, -0.1) is 11.3 Å². The third-order valence-corrected chi connectivity index (χ3v) is 4.61. The van der Waals surface area contributed by atoms with Crippen LogP contribution in [0.5, 0.6) is 0 Å². The maximum atomic E-state index is 12.0. The van der Waals surface area contributed by atoms with Crippen molar-refractivity contribution in [3.8, 4) is 0 Å². The van der Waals surface area contributed by atoms with Crippen LogP contribution in [0.25, 0.3) is 0 Å². The van der Waals surface area contributed by atoms with E-state index >= 15 is 0 Å². The van der Waals surface area contributed by atoms with Crippen molar-refractivity contribution in [3.05, 3.63) is 22.4 Å². The number of carbonyl (C=O) groups excluding carboxylic acids is 1. The van der Waals surface area contributed by atoms with Crippen molar-refractivity contribution < 1.29 is 9.53 Å². The van der Waals surface area contributed by atoms with E-state index in [4.69, 9.17) is 4.74 Å². The second-order valence-corrected chi connectivity index (χ2v) is 6.47. The lowest BCUT2D eigenvalue weighted by atomic mass is 10.1. The smallest absolute Gasteiger partial charge is 0.234 e. The molecule has 0 saturated carbocycles. The van der Waals surface area contributed by atoms with Crippen LogP contribution in [0, 0.1) is 0 Å². The number of hydrogen-bond acceptors (Lipinski definition) is 4. The first-order valence-corrected chi connectivity index (χ1v) is 8.16. The Labute approximate surface area is 125 Å². The van der Waals surface area contributed by atoms with Gasteiger partial charge in [0, 0.05) is 18.0 Å². The predicted octanol–water partition coefficient (Wildman–Crippen LogP) is 2.43. The quantitative estimate of drug-likeness (QED) is 0.876. The number of rotatable bonds is 6. The van der Waals surface area contributed by atoms with Gasteiger partial charge in [-0.1, -0.05) is 6.07 Å². The van der Waals surface area contributed by atoms with E-state index in [1.165, 1.54) is 17.7 Å². The Hall–Kier alpha value is -0.910. The molecule has 1 fully saturated rings. The lowest BCUT2D eigenvalue weighted by Gasteiger charge is -2.27. The number of hydrogen-bond donors (Lipinski definition) is 1. The topological polar surface area (TPSA) is 41.6 Å². The van der Waals surface area contributed by atoms with Crippen LogP contribution in [-0.4, -0.2) is 43.7 Å². The molecule has 1 aliphatic rings. The molecule has 0 spiro atoms. The largest absolute Gasteiger partial charge is 0.377 e. The molecule has 1 aromatic heterocycles. The van der Waals surface area contributed by atoms with Gasteiger partial charge in [-0.3, -0.25) is 9.69 Å². The summed E-state index contributed by atoms with van der Waals surface area (Å²) in [6.45, 7) is 4.14. The minimum absolute atomic E-state index is 0.0733. The Morgan fingerprint density at radius 3 is 3.10 bits per heavy atom. The number of ether oxygens (including phenoxy) is 1.